The fourth-order valence-electron chi connectivity index (χ4n) is 2.55. The maximum atomic E-state index is 5.27. The second kappa shape index (κ2) is 13.4. The van der Waals surface area contributed by atoms with Crippen LogP contribution in [0.15, 0.2) is 39.8 Å². The van der Waals surface area contributed by atoms with Crippen LogP contribution in [0.25, 0.3) is 0 Å². The predicted molar refractivity (Wildman–Crippen MR) is 120 cm³/mol. The van der Waals surface area contributed by atoms with Gasteiger partial charge in [-0.2, -0.15) is 0 Å². The lowest BCUT2D eigenvalue weighted by molar-refractivity contribution is 0.379. The van der Waals surface area contributed by atoms with E-state index in [0.29, 0.717) is 6.54 Å². The first kappa shape index (κ1) is 23.3. The maximum Gasteiger partial charge on any atom is 0.191 e. The van der Waals surface area contributed by atoms with Gasteiger partial charge in [0, 0.05) is 19.2 Å². The number of nitrogens with one attached hydrogen (secondary N) is 2. The monoisotopic (exact) mass is 486 g/mol. The summed E-state index contributed by atoms with van der Waals surface area (Å²) in [5, 5.41) is 10.6. The van der Waals surface area contributed by atoms with E-state index < -0.39 is 0 Å². The summed E-state index contributed by atoms with van der Waals surface area (Å²) in [7, 11) is 1.69. The Hall–Kier alpha value is -1.77. The van der Waals surface area contributed by atoms with Crippen LogP contribution in [-0.2, 0) is 19.4 Å². The minimum absolute atomic E-state index is 0. The van der Waals surface area contributed by atoms with Crippen molar-refractivity contribution >= 4 is 29.9 Å². The number of nitrogens with zero attached hydrogens (tertiary/aromatic N) is 2. The van der Waals surface area contributed by atoms with Crippen molar-refractivity contribution in [3.8, 4) is 5.75 Å². The molecule has 6 nitrogen and oxygen atoms in total. The van der Waals surface area contributed by atoms with Crippen molar-refractivity contribution in [2.45, 2.75) is 46.1 Å². The van der Waals surface area contributed by atoms with Crippen molar-refractivity contribution in [3.05, 3.63) is 47.3 Å². The minimum atomic E-state index is 0. The van der Waals surface area contributed by atoms with E-state index in [-0.39, 0.29) is 24.0 Å². The van der Waals surface area contributed by atoms with Gasteiger partial charge in [-0.1, -0.05) is 24.2 Å². The van der Waals surface area contributed by atoms with Gasteiger partial charge in [-0.05, 0) is 50.3 Å². The van der Waals surface area contributed by atoms with E-state index in [9.17, 15) is 0 Å². The van der Waals surface area contributed by atoms with Crippen LogP contribution in [0.4, 0.5) is 0 Å². The molecule has 0 radical (unpaired) electrons. The maximum absolute atomic E-state index is 5.27. The number of hydrogen-bond donors (Lipinski definition) is 2. The fourth-order valence-corrected chi connectivity index (χ4v) is 2.55. The van der Waals surface area contributed by atoms with E-state index in [0.717, 1.165) is 61.9 Å². The quantitative estimate of drug-likeness (QED) is 0.231. The first-order chi connectivity index (χ1) is 12.7. The molecule has 0 aliphatic rings. The van der Waals surface area contributed by atoms with Crippen LogP contribution in [0.2, 0.25) is 0 Å². The first-order valence-corrected chi connectivity index (χ1v) is 9.34. The third-order valence-corrected chi connectivity index (χ3v) is 4.05. The second-order valence-electron chi connectivity index (χ2n) is 6.07. The van der Waals surface area contributed by atoms with Gasteiger partial charge < -0.3 is 19.9 Å². The normalized spacial score (nSPS) is 11.0. The number of methoxy groups -OCH3 is 1. The van der Waals surface area contributed by atoms with Crippen molar-refractivity contribution in [2.75, 3.05) is 20.2 Å². The van der Waals surface area contributed by atoms with Crippen LogP contribution in [0.3, 0.4) is 0 Å². The molecule has 0 amide bonds. The molecule has 27 heavy (non-hydrogen) atoms. The molecule has 0 aliphatic carbocycles. The largest absolute Gasteiger partial charge is 0.497 e. The number of aromatic nitrogens is 1. The molecule has 0 saturated heterocycles. The van der Waals surface area contributed by atoms with E-state index in [2.05, 4.69) is 46.8 Å². The van der Waals surface area contributed by atoms with E-state index in [1.807, 2.05) is 18.2 Å². The third kappa shape index (κ3) is 8.64. The Kier molecular flexibility index (Phi) is 11.6. The molecule has 1 aromatic heterocycles. The van der Waals surface area contributed by atoms with E-state index >= 15 is 0 Å². The molecule has 150 valence electrons. The summed E-state index contributed by atoms with van der Waals surface area (Å²) in [5.41, 5.74) is 2.30. The number of guanidine groups is 1. The average Bonchev–Trinajstić information content (AvgIpc) is 3.14. The molecule has 0 atom stereocenters. The van der Waals surface area contributed by atoms with Crippen LogP contribution in [-0.4, -0.2) is 31.3 Å². The van der Waals surface area contributed by atoms with Crippen LogP contribution in [0.5, 0.6) is 5.75 Å². The van der Waals surface area contributed by atoms with Gasteiger partial charge in [0.05, 0.1) is 12.8 Å². The van der Waals surface area contributed by atoms with Crippen LogP contribution in [0.1, 0.15) is 43.7 Å². The molecular weight excluding hydrogens is 455 g/mol. The zero-order chi connectivity index (χ0) is 18.6. The lowest BCUT2D eigenvalue weighted by Crippen LogP contribution is -2.37. The van der Waals surface area contributed by atoms with E-state index in [1.54, 1.807) is 7.11 Å². The number of ether oxygens (including phenoxy) is 1. The van der Waals surface area contributed by atoms with Crippen molar-refractivity contribution in [2.24, 2.45) is 4.99 Å². The van der Waals surface area contributed by atoms with Crippen LogP contribution >= 0.6 is 24.0 Å². The van der Waals surface area contributed by atoms with Crippen molar-refractivity contribution in [1.29, 1.82) is 0 Å². The Morgan fingerprint density at radius 3 is 2.56 bits per heavy atom. The van der Waals surface area contributed by atoms with E-state index in [1.165, 1.54) is 5.56 Å². The van der Waals surface area contributed by atoms with Gasteiger partial charge in [0.2, 0.25) is 0 Å². The minimum Gasteiger partial charge on any atom is -0.497 e. The van der Waals surface area contributed by atoms with Gasteiger partial charge in [-0.3, -0.25) is 0 Å². The summed E-state index contributed by atoms with van der Waals surface area (Å²) in [4.78, 5) is 4.55. The number of aliphatic imine (C=N–C) groups is 1. The number of rotatable bonds is 10. The number of hydrogen-bond acceptors (Lipinski definition) is 4. The highest BCUT2D eigenvalue weighted by molar-refractivity contribution is 14.0. The molecule has 0 aliphatic heterocycles. The van der Waals surface area contributed by atoms with Gasteiger partial charge in [-0.15, -0.1) is 24.0 Å². The highest BCUT2D eigenvalue weighted by Crippen LogP contribution is 2.13. The molecule has 2 rings (SSSR count). The topological polar surface area (TPSA) is 71.7 Å². The Morgan fingerprint density at radius 2 is 1.93 bits per heavy atom. The SMILES string of the molecule is CCNC(=NCc1cc(CC)no1)NCCCCc1ccc(OC)cc1.I. The Morgan fingerprint density at radius 1 is 1.15 bits per heavy atom. The smallest absolute Gasteiger partial charge is 0.191 e. The second-order valence-corrected chi connectivity index (χ2v) is 6.07. The number of benzene rings is 1. The highest BCUT2D eigenvalue weighted by Gasteiger charge is 2.03. The van der Waals surface area contributed by atoms with Gasteiger partial charge >= 0.3 is 0 Å². The Balaban J connectivity index is 0.00000364. The molecular formula is C20H31IN4O2. The summed E-state index contributed by atoms with van der Waals surface area (Å²) in [5.74, 6) is 2.50. The molecule has 1 aromatic carbocycles. The summed E-state index contributed by atoms with van der Waals surface area (Å²) in [6.07, 6.45) is 4.15. The van der Waals surface area contributed by atoms with Gasteiger partial charge in [0.15, 0.2) is 11.7 Å². The summed E-state index contributed by atoms with van der Waals surface area (Å²) < 4.78 is 10.5. The first-order valence-electron chi connectivity index (χ1n) is 9.34. The molecule has 2 aromatic rings. The van der Waals surface area contributed by atoms with E-state index in [4.69, 9.17) is 9.26 Å². The molecule has 2 N–H and O–H groups in total. The molecule has 0 fully saturated rings. The highest BCUT2D eigenvalue weighted by atomic mass is 127. The average molecular weight is 486 g/mol. The molecule has 7 heteroatoms. The standard InChI is InChI=1S/C20H30N4O2.HI/c1-4-17-14-19(26-24-17)15-23-20(21-5-2)22-13-7-6-8-16-9-11-18(25-3)12-10-16;/h9-12,14H,4-8,13,15H2,1-3H3,(H2,21,22,23);1H. The number of halogens is 1. The van der Waals surface area contributed by atoms with Gasteiger partial charge in [0.1, 0.15) is 12.3 Å². The zero-order valence-corrected chi connectivity index (χ0v) is 18.8. The fraction of sp³-hybridized carbons (Fsp3) is 0.500. The lowest BCUT2D eigenvalue weighted by atomic mass is 10.1. The van der Waals surface area contributed by atoms with Crippen molar-refractivity contribution in [1.82, 2.24) is 15.8 Å². The summed E-state index contributed by atoms with van der Waals surface area (Å²) in [6, 6.07) is 10.2. The van der Waals surface area contributed by atoms with Gasteiger partial charge in [0.25, 0.3) is 0 Å². The molecule has 1 heterocycles. The lowest BCUT2D eigenvalue weighted by Gasteiger charge is -2.11. The number of aryl methyl sites for hydroxylation is 2. The molecule has 0 bridgehead atoms. The third-order valence-electron chi connectivity index (χ3n) is 4.05. The number of unbranched alkanes of at least 4 members (excludes halogenated alkanes) is 1. The molecule has 0 saturated carbocycles. The Labute approximate surface area is 179 Å². The van der Waals surface area contributed by atoms with Crippen LogP contribution in [0, 0.1) is 0 Å². The van der Waals surface area contributed by atoms with Crippen molar-refractivity contribution < 1.29 is 9.26 Å². The van der Waals surface area contributed by atoms with Gasteiger partial charge in [-0.25, -0.2) is 4.99 Å². The summed E-state index contributed by atoms with van der Waals surface area (Å²) in [6.45, 7) is 6.33. The van der Waals surface area contributed by atoms with Crippen LogP contribution < -0.4 is 15.4 Å². The van der Waals surface area contributed by atoms with Crippen molar-refractivity contribution in [3.63, 3.8) is 0 Å². The molecule has 0 unspecified atom stereocenters. The summed E-state index contributed by atoms with van der Waals surface area (Å²) >= 11 is 0. The zero-order valence-electron chi connectivity index (χ0n) is 16.5. The Bertz CT molecular complexity index is 671. The molecule has 0 spiro atoms. The predicted octanol–water partition coefficient (Wildman–Crippen LogP) is 3.94.